The van der Waals surface area contributed by atoms with Crippen molar-refractivity contribution in [3.8, 4) is 0 Å². The van der Waals surface area contributed by atoms with Crippen molar-refractivity contribution in [1.29, 1.82) is 0 Å². The number of rotatable bonds is 4. The first-order chi connectivity index (χ1) is 16.9. The summed E-state index contributed by atoms with van der Waals surface area (Å²) in [5.74, 6) is -2.12. The second-order valence-electron chi connectivity index (χ2n) is 9.03. The third-order valence-corrected chi connectivity index (χ3v) is 7.12. The predicted octanol–water partition coefficient (Wildman–Crippen LogP) is 6.69. The first-order valence-electron chi connectivity index (χ1n) is 11.6. The van der Waals surface area contributed by atoms with Gasteiger partial charge in [-0.25, -0.2) is 4.39 Å². The summed E-state index contributed by atoms with van der Waals surface area (Å²) in [7, 11) is 0. The number of hydrogen-bond donors (Lipinski definition) is 1. The molecule has 4 nitrogen and oxygen atoms in total. The van der Waals surface area contributed by atoms with E-state index in [0.29, 0.717) is 46.1 Å². The maximum atomic E-state index is 13.7. The number of hydrogen-bond acceptors (Lipinski definition) is 3. The average Bonchev–Trinajstić information content (AvgIpc) is 2.84. The summed E-state index contributed by atoms with van der Waals surface area (Å²) in [6.07, 6.45) is 0.957. The summed E-state index contributed by atoms with van der Waals surface area (Å²) in [5.41, 5.74) is 4.02. The Morgan fingerprint density at radius 1 is 1.00 bits per heavy atom. The summed E-state index contributed by atoms with van der Waals surface area (Å²) in [6, 6.07) is 23.0. The second kappa shape index (κ2) is 9.59. The summed E-state index contributed by atoms with van der Waals surface area (Å²) < 4.78 is 13.7. The Labute approximate surface area is 208 Å². The minimum Gasteiger partial charge on any atom is -0.325 e. The van der Waals surface area contributed by atoms with Gasteiger partial charge in [-0.1, -0.05) is 66.2 Å². The van der Waals surface area contributed by atoms with Gasteiger partial charge in [-0.2, -0.15) is 0 Å². The Morgan fingerprint density at radius 2 is 1.74 bits per heavy atom. The van der Waals surface area contributed by atoms with Crippen LogP contribution in [-0.4, -0.2) is 17.4 Å². The summed E-state index contributed by atoms with van der Waals surface area (Å²) in [5, 5.41) is 3.30. The summed E-state index contributed by atoms with van der Waals surface area (Å²) >= 11 is 6.60. The molecule has 0 saturated heterocycles. The highest BCUT2D eigenvalue weighted by Crippen LogP contribution is 2.48. The van der Waals surface area contributed by atoms with E-state index in [0.717, 1.165) is 5.56 Å². The highest BCUT2D eigenvalue weighted by atomic mass is 35.5. The summed E-state index contributed by atoms with van der Waals surface area (Å²) in [6.45, 7) is 1.81. The van der Waals surface area contributed by atoms with E-state index >= 15 is 0 Å². The molecule has 3 atom stereocenters. The molecule has 5 rings (SSSR count). The van der Waals surface area contributed by atoms with Gasteiger partial charge < -0.3 is 5.32 Å². The van der Waals surface area contributed by atoms with Crippen molar-refractivity contribution >= 4 is 34.7 Å². The Kier molecular flexibility index (Phi) is 6.35. The zero-order valence-electron chi connectivity index (χ0n) is 19.2. The van der Waals surface area contributed by atoms with Gasteiger partial charge in [0.05, 0.1) is 5.92 Å². The number of carbonyl (C=O) groups excluding carboxylic acids is 2. The van der Waals surface area contributed by atoms with Gasteiger partial charge in [0, 0.05) is 40.0 Å². The number of ketones is 1. The molecule has 0 bridgehead atoms. The molecule has 0 saturated carbocycles. The third-order valence-electron chi connectivity index (χ3n) is 6.77. The molecule has 3 aromatic carbocycles. The largest absolute Gasteiger partial charge is 0.325 e. The van der Waals surface area contributed by atoms with Crippen LogP contribution in [0.1, 0.15) is 42.7 Å². The molecule has 0 spiro atoms. The first kappa shape index (κ1) is 23.2. The predicted molar refractivity (Wildman–Crippen MR) is 136 cm³/mol. The van der Waals surface area contributed by atoms with Crippen molar-refractivity contribution in [3.63, 3.8) is 0 Å². The molecule has 1 N–H and O–H groups in total. The monoisotopic (exact) mass is 486 g/mol. The van der Waals surface area contributed by atoms with E-state index in [4.69, 9.17) is 16.6 Å². The zero-order chi connectivity index (χ0) is 24.5. The number of anilines is 1. The van der Waals surface area contributed by atoms with Crippen LogP contribution in [0.4, 0.5) is 10.1 Å². The van der Waals surface area contributed by atoms with E-state index in [-0.39, 0.29) is 17.6 Å². The van der Waals surface area contributed by atoms with E-state index in [9.17, 15) is 14.0 Å². The number of nitrogens with one attached hydrogen (secondary N) is 1. The van der Waals surface area contributed by atoms with Crippen molar-refractivity contribution in [3.05, 3.63) is 112 Å². The molecule has 1 amide bonds. The Hall–Kier alpha value is -3.57. The lowest BCUT2D eigenvalue weighted by molar-refractivity contribution is -0.119. The maximum absolute atomic E-state index is 13.7. The zero-order valence-corrected chi connectivity index (χ0v) is 19.9. The van der Waals surface area contributed by atoms with Gasteiger partial charge in [-0.15, -0.1) is 0 Å². The second-order valence-corrected chi connectivity index (χ2v) is 9.44. The van der Waals surface area contributed by atoms with E-state index in [2.05, 4.69) is 5.32 Å². The highest BCUT2D eigenvalue weighted by Gasteiger charge is 2.44. The van der Waals surface area contributed by atoms with Crippen LogP contribution in [0, 0.1) is 11.7 Å². The fraction of sp³-hybridized carbons (Fsp3) is 0.207. The lowest BCUT2D eigenvalue weighted by atomic mass is 9.69. The smallest absolute Gasteiger partial charge is 0.234 e. The van der Waals surface area contributed by atoms with E-state index in [1.807, 2.05) is 48.5 Å². The SMILES string of the molecule is CC1=NC2=C(C(=O)C[C@H](c3ccccc3)C2)[C@H](c2ccccc2Cl)C1C(=O)Nc1cccc(F)c1. The number of amides is 1. The fourth-order valence-electron chi connectivity index (χ4n) is 5.21. The van der Waals surface area contributed by atoms with E-state index < -0.39 is 17.7 Å². The van der Waals surface area contributed by atoms with E-state index in [1.165, 1.54) is 18.2 Å². The van der Waals surface area contributed by atoms with Crippen molar-refractivity contribution in [2.24, 2.45) is 10.9 Å². The van der Waals surface area contributed by atoms with Gasteiger partial charge >= 0.3 is 0 Å². The number of allylic oxidation sites excluding steroid dienone is 2. The molecule has 176 valence electrons. The maximum Gasteiger partial charge on any atom is 0.234 e. The Bertz CT molecular complexity index is 1370. The quantitative estimate of drug-likeness (QED) is 0.446. The van der Waals surface area contributed by atoms with Crippen molar-refractivity contribution in [2.75, 3.05) is 5.32 Å². The third kappa shape index (κ3) is 4.56. The number of benzene rings is 3. The van der Waals surface area contributed by atoms with Crippen molar-refractivity contribution in [2.45, 2.75) is 31.6 Å². The van der Waals surface area contributed by atoms with Crippen LogP contribution in [0.15, 0.2) is 95.1 Å². The van der Waals surface area contributed by atoms with Crippen molar-refractivity contribution in [1.82, 2.24) is 0 Å². The molecule has 2 aliphatic rings. The van der Waals surface area contributed by atoms with Crippen molar-refractivity contribution < 1.29 is 14.0 Å². The van der Waals surface area contributed by atoms with Crippen LogP contribution in [0.3, 0.4) is 0 Å². The lowest BCUT2D eigenvalue weighted by Crippen LogP contribution is -2.39. The average molecular weight is 487 g/mol. The number of carbonyl (C=O) groups is 2. The van der Waals surface area contributed by atoms with Gasteiger partial charge in [-0.3, -0.25) is 14.6 Å². The minimum absolute atomic E-state index is 0.0233. The topological polar surface area (TPSA) is 58.5 Å². The van der Waals surface area contributed by atoms with Crippen LogP contribution in [-0.2, 0) is 9.59 Å². The van der Waals surface area contributed by atoms with Crippen LogP contribution in [0.2, 0.25) is 5.02 Å². The van der Waals surface area contributed by atoms with Crippen LogP contribution in [0.5, 0.6) is 0 Å². The lowest BCUT2D eigenvalue weighted by Gasteiger charge is -2.37. The molecule has 0 fully saturated rings. The number of Topliss-reactive ketones (excluding diaryl/α,β-unsaturated/α-hetero) is 1. The van der Waals surface area contributed by atoms with Gasteiger partial charge in [-0.05, 0) is 54.7 Å². The molecule has 3 aromatic rings. The molecular weight excluding hydrogens is 463 g/mol. The molecule has 35 heavy (non-hydrogen) atoms. The van der Waals surface area contributed by atoms with Crippen LogP contribution >= 0.6 is 11.6 Å². The molecule has 1 unspecified atom stereocenters. The molecular formula is C29H24ClFN2O2. The minimum atomic E-state index is -0.755. The van der Waals surface area contributed by atoms with Crippen LogP contribution < -0.4 is 5.32 Å². The van der Waals surface area contributed by atoms with Gasteiger partial charge in [0.2, 0.25) is 5.91 Å². The normalized spacial score (nSPS) is 21.9. The summed E-state index contributed by atoms with van der Waals surface area (Å²) in [4.78, 5) is 32.0. The number of halogens is 2. The molecule has 0 radical (unpaired) electrons. The molecule has 1 aliphatic heterocycles. The Balaban J connectivity index is 1.58. The number of aliphatic imine (C=N–C) groups is 1. The molecule has 6 heteroatoms. The standard InChI is InChI=1S/C29H24ClFN2O2/c1-17-26(29(35)33-21-11-7-10-20(31)16-21)27(22-12-5-6-13-23(22)30)28-24(32-17)14-19(15-25(28)34)18-8-3-2-4-9-18/h2-13,16,19,26-27H,14-15H2,1H3,(H,33,35)/t19-,26?,27-/m1/s1. The molecule has 1 heterocycles. The molecule has 1 aliphatic carbocycles. The highest BCUT2D eigenvalue weighted by molar-refractivity contribution is 6.31. The number of nitrogens with zero attached hydrogens (tertiary/aromatic N) is 1. The van der Waals surface area contributed by atoms with Gasteiger partial charge in [0.25, 0.3) is 0 Å². The van der Waals surface area contributed by atoms with Gasteiger partial charge in [0.1, 0.15) is 5.82 Å². The fourth-order valence-corrected chi connectivity index (χ4v) is 5.46. The van der Waals surface area contributed by atoms with Crippen LogP contribution in [0.25, 0.3) is 0 Å². The molecule has 0 aromatic heterocycles. The van der Waals surface area contributed by atoms with E-state index in [1.54, 1.807) is 19.1 Å². The first-order valence-corrected chi connectivity index (χ1v) is 12.0. The Morgan fingerprint density at radius 3 is 2.49 bits per heavy atom. The van der Waals surface area contributed by atoms with Gasteiger partial charge in [0.15, 0.2) is 5.78 Å².